The number of hydrogen-bond donors (Lipinski definition) is 1. The molecule has 0 saturated carbocycles. The Morgan fingerprint density at radius 2 is 2.15 bits per heavy atom. The minimum atomic E-state index is 0. The molecule has 0 amide bonds. The first-order valence-corrected chi connectivity index (χ1v) is 4.49. The van der Waals surface area contributed by atoms with Crippen LogP contribution in [0.5, 0.6) is 0 Å². The van der Waals surface area contributed by atoms with E-state index >= 15 is 0 Å². The summed E-state index contributed by atoms with van der Waals surface area (Å²) in [5.74, 6) is 0. The topological polar surface area (TPSA) is 29.9 Å². The Labute approximate surface area is 98.2 Å². The molecule has 0 spiro atoms. The highest BCUT2D eigenvalue weighted by Gasteiger charge is 2.15. The van der Waals surface area contributed by atoms with Crippen molar-refractivity contribution in [2.24, 2.45) is 7.05 Å². The van der Waals surface area contributed by atoms with Crippen LogP contribution in [0.3, 0.4) is 0 Å². The van der Waals surface area contributed by atoms with Crippen LogP contribution in [0.1, 0.15) is 11.4 Å². The lowest BCUT2D eigenvalue weighted by molar-refractivity contribution is 0.611. The van der Waals surface area contributed by atoms with Crippen LogP contribution in [-0.2, 0) is 20.0 Å². The molecule has 1 aromatic heterocycles. The van der Waals surface area contributed by atoms with Crippen LogP contribution in [0, 0.1) is 0 Å². The second kappa shape index (κ2) is 5.20. The number of rotatable bonds is 0. The molecule has 0 atom stereocenters. The van der Waals surface area contributed by atoms with E-state index < -0.39 is 0 Å². The van der Waals surface area contributed by atoms with Gasteiger partial charge in [0.05, 0.1) is 5.69 Å². The molecular weight excluding hydrogens is 277 g/mol. The number of halogens is 3. The van der Waals surface area contributed by atoms with Gasteiger partial charge in [-0.2, -0.15) is 0 Å². The van der Waals surface area contributed by atoms with Crippen molar-refractivity contribution in [3.63, 3.8) is 0 Å². The maximum Gasteiger partial charge on any atom is 0.177 e. The molecule has 0 bridgehead atoms. The van der Waals surface area contributed by atoms with Gasteiger partial charge in [-0.1, -0.05) is 0 Å². The molecule has 0 radical (unpaired) electrons. The molecule has 0 aromatic carbocycles. The Balaban J connectivity index is 0.000000720. The molecule has 76 valence electrons. The SMILES string of the molecule is Cl.Cl.Cn1c(Br)nc2c1CCNC2. The quantitative estimate of drug-likeness (QED) is 0.787. The highest BCUT2D eigenvalue weighted by molar-refractivity contribution is 9.10. The first-order chi connectivity index (χ1) is 5.29. The van der Waals surface area contributed by atoms with E-state index in [1.54, 1.807) is 0 Å². The smallest absolute Gasteiger partial charge is 0.177 e. The fourth-order valence-electron chi connectivity index (χ4n) is 1.42. The Kier molecular flexibility index (Phi) is 5.29. The second-order valence-corrected chi connectivity index (χ2v) is 3.47. The van der Waals surface area contributed by atoms with Gasteiger partial charge in [-0.25, -0.2) is 4.98 Å². The third kappa shape index (κ3) is 2.37. The van der Waals surface area contributed by atoms with Gasteiger partial charge in [-0.15, -0.1) is 24.8 Å². The molecule has 6 heteroatoms. The summed E-state index contributed by atoms with van der Waals surface area (Å²) in [6.07, 6.45) is 1.09. The van der Waals surface area contributed by atoms with Gasteiger partial charge in [-0.05, 0) is 15.9 Å². The van der Waals surface area contributed by atoms with Crippen LogP contribution >= 0.6 is 40.7 Å². The first-order valence-electron chi connectivity index (χ1n) is 3.69. The molecule has 0 aliphatic carbocycles. The van der Waals surface area contributed by atoms with Gasteiger partial charge in [0.2, 0.25) is 0 Å². The molecule has 13 heavy (non-hydrogen) atoms. The zero-order valence-corrected chi connectivity index (χ0v) is 10.4. The summed E-state index contributed by atoms with van der Waals surface area (Å²) >= 11 is 3.40. The van der Waals surface area contributed by atoms with Crippen LogP contribution < -0.4 is 5.32 Å². The van der Waals surface area contributed by atoms with Crippen LogP contribution in [0.4, 0.5) is 0 Å². The molecule has 2 heterocycles. The molecule has 1 aliphatic rings. The predicted molar refractivity (Wildman–Crippen MR) is 60.8 cm³/mol. The Morgan fingerprint density at radius 1 is 1.46 bits per heavy atom. The zero-order valence-electron chi connectivity index (χ0n) is 7.21. The summed E-state index contributed by atoms with van der Waals surface area (Å²) in [6, 6.07) is 0. The molecule has 0 fully saturated rings. The minimum Gasteiger partial charge on any atom is -0.325 e. The fraction of sp³-hybridized carbons (Fsp3) is 0.571. The zero-order chi connectivity index (χ0) is 7.84. The fourth-order valence-corrected chi connectivity index (χ4v) is 1.85. The van der Waals surface area contributed by atoms with E-state index in [1.807, 2.05) is 7.05 Å². The number of hydrogen-bond acceptors (Lipinski definition) is 2. The van der Waals surface area contributed by atoms with Crippen molar-refractivity contribution in [3.05, 3.63) is 16.1 Å². The molecule has 1 N–H and O–H groups in total. The highest BCUT2D eigenvalue weighted by Crippen LogP contribution is 2.17. The monoisotopic (exact) mass is 287 g/mol. The maximum atomic E-state index is 4.37. The second-order valence-electron chi connectivity index (χ2n) is 2.76. The molecular formula is C7H12BrCl2N3. The van der Waals surface area contributed by atoms with Crippen LogP contribution in [-0.4, -0.2) is 16.1 Å². The lowest BCUT2D eigenvalue weighted by Gasteiger charge is -2.12. The lowest BCUT2D eigenvalue weighted by atomic mass is 10.2. The number of nitrogens with zero attached hydrogens (tertiary/aromatic N) is 2. The van der Waals surface area contributed by atoms with Crippen molar-refractivity contribution < 1.29 is 0 Å². The van der Waals surface area contributed by atoms with E-state index in [-0.39, 0.29) is 24.8 Å². The number of nitrogens with one attached hydrogen (secondary N) is 1. The minimum absolute atomic E-state index is 0. The predicted octanol–water partition coefficient (Wildman–Crippen LogP) is 1.67. The third-order valence-corrected chi connectivity index (χ3v) is 2.78. The molecule has 3 nitrogen and oxygen atoms in total. The highest BCUT2D eigenvalue weighted by atomic mass is 79.9. The molecule has 1 aromatic rings. The number of imidazole rings is 1. The lowest BCUT2D eigenvalue weighted by Crippen LogP contribution is -2.24. The Bertz CT molecular complexity index is 288. The van der Waals surface area contributed by atoms with Crippen molar-refractivity contribution in [2.45, 2.75) is 13.0 Å². The van der Waals surface area contributed by atoms with E-state index in [9.17, 15) is 0 Å². The Morgan fingerprint density at radius 3 is 2.77 bits per heavy atom. The number of fused-ring (bicyclic) bond motifs is 1. The van der Waals surface area contributed by atoms with E-state index in [1.165, 1.54) is 11.4 Å². The molecule has 2 rings (SSSR count). The summed E-state index contributed by atoms with van der Waals surface area (Å²) in [7, 11) is 2.04. The summed E-state index contributed by atoms with van der Waals surface area (Å²) in [6.45, 7) is 1.98. The van der Waals surface area contributed by atoms with Gasteiger partial charge < -0.3 is 9.88 Å². The third-order valence-electron chi connectivity index (χ3n) is 2.07. The van der Waals surface area contributed by atoms with Crippen LogP contribution in [0.25, 0.3) is 0 Å². The molecule has 0 unspecified atom stereocenters. The van der Waals surface area contributed by atoms with Crippen LogP contribution in [0.15, 0.2) is 4.73 Å². The van der Waals surface area contributed by atoms with Gasteiger partial charge in [-0.3, -0.25) is 0 Å². The van der Waals surface area contributed by atoms with Gasteiger partial charge in [0.25, 0.3) is 0 Å². The largest absolute Gasteiger partial charge is 0.325 e. The van der Waals surface area contributed by atoms with Gasteiger partial charge >= 0.3 is 0 Å². The summed E-state index contributed by atoms with van der Waals surface area (Å²) in [5, 5.41) is 3.28. The summed E-state index contributed by atoms with van der Waals surface area (Å²) in [4.78, 5) is 4.37. The summed E-state index contributed by atoms with van der Waals surface area (Å²) in [5.41, 5.74) is 2.54. The standard InChI is InChI=1S/C7H10BrN3.2ClH/c1-11-6-2-3-9-4-5(6)10-7(11)8;;/h9H,2-4H2,1H3;2*1H. The van der Waals surface area contributed by atoms with Crippen molar-refractivity contribution in [1.29, 1.82) is 0 Å². The van der Waals surface area contributed by atoms with Crippen molar-refractivity contribution in [2.75, 3.05) is 6.54 Å². The van der Waals surface area contributed by atoms with E-state index in [4.69, 9.17) is 0 Å². The summed E-state index contributed by atoms with van der Waals surface area (Å²) < 4.78 is 3.04. The van der Waals surface area contributed by atoms with Gasteiger partial charge in [0, 0.05) is 32.3 Å². The van der Waals surface area contributed by atoms with Gasteiger partial charge in [0.15, 0.2) is 4.73 Å². The average molecular weight is 289 g/mol. The molecule has 0 saturated heterocycles. The Hall–Kier alpha value is 0.230. The van der Waals surface area contributed by atoms with E-state index in [2.05, 4.69) is 30.8 Å². The van der Waals surface area contributed by atoms with Crippen molar-refractivity contribution in [3.8, 4) is 0 Å². The van der Waals surface area contributed by atoms with Gasteiger partial charge in [0.1, 0.15) is 0 Å². The first kappa shape index (κ1) is 13.2. The molecule has 1 aliphatic heterocycles. The normalized spacial score (nSPS) is 14.0. The van der Waals surface area contributed by atoms with Crippen LogP contribution in [0.2, 0.25) is 0 Å². The van der Waals surface area contributed by atoms with Crippen molar-refractivity contribution in [1.82, 2.24) is 14.9 Å². The van der Waals surface area contributed by atoms with Crippen molar-refractivity contribution >= 4 is 40.7 Å². The number of aromatic nitrogens is 2. The van der Waals surface area contributed by atoms with E-state index in [0.717, 1.165) is 24.2 Å². The van der Waals surface area contributed by atoms with E-state index in [0.29, 0.717) is 0 Å². The average Bonchev–Trinajstić information content (AvgIpc) is 2.30. The maximum absolute atomic E-state index is 4.37.